The van der Waals surface area contributed by atoms with Gasteiger partial charge in [0.25, 0.3) is 0 Å². The van der Waals surface area contributed by atoms with Gasteiger partial charge in [0, 0.05) is 25.7 Å². The highest BCUT2D eigenvalue weighted by atomic mass is 19.2. The number of rotatable bonds is 2. The molecule has 0 amide bonds. The van der Waals surface area contributed by atoms with Gasteiger partial charge in [0.05, 0.1) is 0 Å². The lowest BCUT2D eigenvalue weighted by atomic mass is 9.96. The molecule has 1 aromatic rings. The first-order valence-electron chi connectivity index (χ1n) is 5.96. The minimum Gasteiger partial charge on any atom is -0.327 e. The van der Waals surface area contributed by atoms with E-state index in [1.165, 1.54) is 12.1 Å². The third-order valence-electron chi connectivity index (χ3n) is 3.16. The van der Waals surface area contributed by atoms with Crippen LogP contribution in [0.4, 0.5) is 8.78 Å². The molecule has 1 aliphatic heterocycles. The van der Waals surface area contributed by atoms with Gasteiger partial charge in [-0.15, -0.1) is 0 Å². The molecular formula is C13H18F2N2. The number of nitrogens with two attached hydrogens (primary N) is 1. The van der Waals surface area contributed by atoms with Crippen LogP contribution < -0.4 is 5.73 Å². The molecule has 0 radical (unpaired) electrons. The van der Waals surface area contributed by atoms with Gasteiger partial charge in [-0.1, -0.05) is 13.0 Å². The topological polar surface area (TPSA) is 29.3 Å². The molecule has 1 aromatic carbocycles. The van der Waals surface area contributed by atoms with Gasteiger partial charge in [0.15, 0.2) is 11.6 Å². The Morgan fingerprint density at radius 1 is 1.29 bits per heavy atom. The number of hydrogen-bond donors (Lipinski definition) is 1. The predicted molar refractivity (Wildman–Crippen MR) is 63.4 cm³/mol. The van der Waals surface area contributed by atoms with E-state index in [9.17, 15) is 8.78 Å². The minimum atomic E-state index is -0.794. The van der Waals surface area contributed by atoms with E-state index in [1.807, 2.05) is 0 Å². The second-order valence-electron chi connectivity index (χ2n) is 5.04. The largest absolute Gasteiger partial charge is 0.327 e. The number of hydrogen-bond acceptors (Lipinski definition) is 2. The number of piperidine rings is 1. The highest BCUT2D eigenvalue weighted by Crippen LogP contribution is 2.18. The van der Waals surface area contributed by atoms with Crippen molar-refractivity contribution in [1.29, 1.82) is 0 Å². The summed E-state index contributed by atoms with van der Waals surface area (Å²) in [6.45, 7) is 4.59. The molecule has 4 heteroatoms. The van der Waals surface area contributed by atoms with E-state index in [-0.39, 0.29) is 6.04 Å². The summed E-state index contributed by atoms with van der Waals surface area (Å²) in [5.41, 5.74) is 6.74. The normalized spacial score (nSPS) is 26.1. The van der Waals surface area contributed by atoms with Crippen LogP contribution in [-0.4, -0.2) is 24.0 Å². The first kappa shape index (κ1) is 12.5. The average Bonchev–Trinajstić information content (AvgIpc) is 2.22. The summed E-state index contributed by atoms with van der Waals surface area (Å²) in [4.78, 5) is 2.20. The lowest BCUT2D eigenvalue weighted by Gasteiger charge is -2.34. The van der Waals surface area contributed by atoms with Gasteiger partial charge in [-0.05, 0) is 30.0 Å². The molecule has 2 nitrogen and oxygen atoms in total. The van der Waals surface area contributed by atoms with E-state index >= 15 is 0 Å². The Morgan fingerprint density at radius 3 is 2.71 bits per heavy atom. The zero-order valence-electron chi connectivity index (χ0n) is 10.00. The molecule has 0 aromatic heterocycles. The van der Waals surface area contributed by atoms with Crippen LogP contribution in [0, 0.1) is 17.6 Å². The molecule has 0 bridgehead atoms. The lowest BCUT2D eigenvalue weighted by molar-refractivity contribution is 0.158. The Balaban J connectivity index is 2.02. The SMILES string of the molecule is CC1CC(N)CN(Cc2ccc(F)c(F)c2)C1. The zero-order chi connectivity index (χ0) is 12.4. The number of benzene rings is 1. The van der Waals surface area contributed by atoms with Crippen LogP contribution in [0.15, 0.2) is 18.2 Å². The molecule has 17 heavy (non-hydrogen) atoms. The summed E-state index contributed by atoms with van der Waals surface area (Å²) in [7, 11) is 0. The minimum absolute atomic E-state index is 0.184. The van der Waals surface area contributed by atoms with E-state index in [1.54, 1.807) is 6.07 Å². The van der Waals surface area contributed by atoms with Crippen molar-refractivity contribution in [3.8, 4) is 0 Å². The summed E-state index contributed by atoms with van der Waals surface area (Å²) in [6, 6.07) is 4.26. The lowest BCUT2D eigenvalue weighted by Crippen LogP contribution is -2.45. The Hall–Kier alpha value is -1.00. The molecule has 2 rings (SSSR count). The van der Waals surface area contributed by atoms with E-state index in [0.717, 1.165) is 25.1 Å². The van der Waals surface area contributed by atoms with E-state index < -0.39 is 11.6 Å². The summed E-state index contributed by atoms with van der Waals surface area (Å²) in [5, 5.41) is 0. The van der Waals surface area contributed by atoms with E-state index in [2.05, 4.69) is 11.8 Å². The molecule has 1 fully saturated rings. The summed E-state index contributed by atoms with van der Waals surface area (Å²) >= 11 is 0. The fourth-order valence-corrected chi connectivity index (χ4v) is 2.54. The second kappa shape index (κ2) is 5.10. The zero-order valence-corrected chi connectivity index (χ0v) is 10.00. The van der Waals surface area contributed by atoms with Crippen molar-refractivity contribution in [2.45, 2.75) is 25.9 Å². The molecule has 2 atom stereocenters. The van der Waals surface area contributed by atoms with Gasteiger partial charge < -0.3 is 5.73 Å². The fraction of sp³-hybridized carbons (Fsp3) is 0.538. The van der Waals surface area contributed by atoms with Crippen molar-refractivity contribution in [2.75, 3.05) is 13.1 Å². The Labute approximate surface area is 100 Å². The third kappa shape index (κ3) is 3.23. The van der Waals surface area contributed by atoms with Crippen LogP contribution in [0.25, 0.3) is 0 Å². The fourth-order valence-electron chi connectivity index (χ4n) is 2.54. The Kier molecular flexibility index (Phi) is 3.74. The standard InChI is InChI=1S/C13H18F2N2/c1-9-4-11(16)8-17(6-9)7-10-2-3-12(14)13(15)5-10/h2-3,5,9,11H,4,6-8,16H2,1H3. The predicted octanol–water partition coefficient (Wildman–Crippen LogP) is 2.13. The average molecular weight is 240 g/mol. The quantitative estimate of drug-likeness (QED) is 0.858. The monoisotopic (exact) mass is 240 g/mol. The highest BCUT2D eigenvalue weighted by molar-refractivity contribution is 5.17. The van der Waals surface area contributed by atoms with Crippen LogP contribution in [0.1, 0.15) is 18.9 Å². The molecule has 2 N–H and O–H groups in total. The molecule has 0 aliphatic carbocycles. The maximum atomic E-state index is 13.1. The number of halogens is 2. The Morgan fingerprint density at radius 2 is 2.06 bits per heavy atom. The van der Waals surface area contributed by atoms with Crippen molar-refractivity contribution in [3.05, 3.63) is 35.4 Å². The molecule has 1 saturated heterocycles. The van der Waals surface area contributed by atoms with Crippen molar-refractivity contribution in [3.63, 3.8) is 0 Å². The van der Waals surface area contributed by atoms with Crippen molar-refractivity contribution < 1.29 is 8.78 Å². The molecule has 0 spiro atoms. The van der Waals surface area contributed by atoms with Crippen molar-refractivity contribution in [2.24, 2.45) is 11.7 Å². The van der Waals surface area contributed by atoms with Crippen LogP contribution in [0.5, 0.6) is 0 Å². The van der Waals surface area contributed by atoms with Crippen molar-refractivity contribution >= 4 is 0 Å². The van der Waals surface area contributed by atoms with Gasteiger partial charge in [0.2, 0.25) is 0 Å². The number of likely N-dealkylation sites (tertiary alicyclic amines) is 1. The summed E-state index contributed by atoms with van der Waals surface area (Å²) in [6.07, 6.45) is 1.04. The second-order valence-corrected chi connectivity index (χ2v) is 5.04. The van der Waals surface area contributed by atoms with Gasteiger partial charge in [-0.25, -0.2) is 8.78 Å². The first-order chi connectivity index (χ1) is 8.04. The van der Waals surface area contributed by atoms with Gasteiger partial charge in [-0.3, -0.25) is 4.90 Å². The van der Waals surface area contributed by atoms with Gasteiger partial charge in [0.1, 0.15) is 0 Å². The van der Waals surface area contributed by atoms with Gasteiger partial charge in [-0.2, -0.15) is 0 Å². The van der Waals surface area contributed by atoms with E-state index in [4.69, 9.17) is 5.73 Å². The molecule has 2 unspecified atom stereocenters. The smallest absolute Gasteiger partial charge is 0.159 e. The summed E-state index contributed by atoms with van der Waals surface area (Å²) in [5.74, 6) is -1.02. The van der Waals surface area contributed by atoms with E-state index in [0.29, 0.717) is 12.5 Å². The van der Waals surface area contributed by atoms with Crippen LogP contribution >= 0.6 is 0 Å². The molecule has 1 heterocycles. The molecule has 0 saturated carbocycles. The van der Waals surface area contributed by atoms with Crippen molar-refractivity contribution in [1.82, 2.24) is 4.90 Å². The van der Waals surface area contributed by atoms with Crippen LogP contribution in [0.2, 0.25) is 0 Å². The van der Waals surface area contributed by atoms with Gasteiger partial charge >= 0.3 is 0 Å². The molecule has 1 aliphatic rings. The third-order valence-corrected chi connectivity index (χ3v) is 3.16. The van der Waals surface area contributed by atoms with Crippen LogP contribution in [-0.2, 0) is 6.54 Å². The Bertz CT molecular complexity index is 385. The maximum Gasteiger partial charge on any atom is 0.159 e. The molecular weight excluding hydrogens is 222 g/mol. The van der Waals surface area contributed by atoms with Crippen LogP contribution in [0.3, 0.4) is 0 Å². The number of nitrogens with zero attached hydrogens (tertiary/aromatic N) is 1. The maximum absolute atomic E-state index is 13.1. The highest BCUT2D eigenvalue weighted by Gasteiger charge is 2.22. The first-order valence-corrected chi connectivity index (χ1v) is 5.96. The summed E-state index contributed by atoms with van der Waals surface area (Å²) < 4.78 is 25.9. The molecule has 94 valence electrons.